The second kappa shape index (κ2) is 7.72. The predicted molar refractivity (Wildman–Crippen MR) is 118 cm³/mol. The predicted octanol–water partition coefficient (Wildman–Crippen LogP) is 2.44. The van der Waals surface area contributed by atoms with E-state index in [0.717, 1.165) is 18.8 Å². The molecule has 2 fully saturated rings. The summed E-state index contributed by atoms with van der Waals surface area (Å²) in [5.41, 5.74) is 5.82. The average molecular weight is 431 g/mol. The number of amides is 1. The van der Waals surface area contributed by atoms with Crippen LogP contribution in [0.15, 0.2) is 18.2 Å². The maximum atomic E-state index is 13.3. The Kier molecular flexibility index (Phi) is 5.38. The number of sulfone groups is 1. The number of piperazine rings is 1. The summed E-state index contributed by atoms with van der Waals surface area (Å²) in [6.07, 6.45) is 0.562. The summed E-state index contributed by atoms with van der Waals surface area (Å²) in [6.45, 7) is 10.9. The minimum atomic E-state index is -3.01. The number of rotatable bonds is 3. The molecule has 2 aromatic rings. The van der Waals surface area contributed by atoms with Crippen LogP contribution in [0, 0.1) is 27.7 Å². The van der Waals surface area contributed by atoms with Crippen molar-refractivity contribution in [1.29, 1.82) is 0 Å². The van der Waals surface area contributed by atoms with Crippen molar-refractivity contribution >= 4 is 21.4 Å². The molecule has 4 rings (SSSR count). The summed E-state index contributed by atoms with van der Waals surface area (Å²) < 4.78 is 25.5. The normalized spacial score (nSPS) is 21.3. The molecule has 0 saturated carbocycles. The number of aryl methyl sites for hydroxylation is 3. The SMILES string of the molecule is Cc1ccc(N2CCN(C(=O)c3c(C)nn([C@@H]4CCS(=O)(=O)C4)c3C)CC2)c(C)c1. The van der Waals surface area contributed by atoms with Crippen LogP contribution in [0.25, 0.3) is 0 Å². The van der Waals surface area contributed by atoms with Crippen LogP contribution in [-0.4, -0.2) is 66.7 Å². The van der Waals surface area contributed by atoms with E-state index in [1.807, 2.05) is 18.7 Å². The fraction of sp³-hybridized carbons (Fsp3) is 0.545. The Labute approximate surface area is 178 Å². The Bertz CT molecular complexity index is 1080. The van der Waals surface area contributed by atoms with Crippen molar-refractivity contribution in [2.24, 2.45) is 0 Å². The molecule has 1 aromatic carbocycles. The smallest absolute Gasteiger partial charge is 0.257 e. The van der Waals surface area contributed by atoms with Gasteiger partial charge in [-0.2, -0.15) is 5.10 Å². The highest BCUT2D eigenvalue weighted by molar-refractivity contribution is 7.91. The molecule has 3 heterocycles. The Balaban J connectivity index is 1.48. The molecule has 7 nitrogen and oxygen atoms in total. The summed E-state index contributed by atoms with van der Waals surface area (Å²) in [4.78, 5) is 17.5. The molecule has 2 saturated heterocycles. The van der Waals surface area contributed by atoms with E-state index in [1.54, 1.807) is 4.68 Å². The number of anilines is 1. The number of hydrogen-bond acceptors (Lipinski definition) is 5. The molecule has 8 heteroatoms. The van der Waals surface area contributed by atoms with Gasteiger partial charge < -0.3 is 9.80 Å². The molecule has 0 unspecified atom stereocenters. The summed E-state index contributed by atoms with van der Waals surface area (Å²) in [6, 6.07) is 6.31. The molecular weight excluding hydrogens is 400 g/mol. The highest BCUT2D eigenvalue weighted by atomic mass is 32.2. The van der Waals surface area contributed by atoms with Gasteiger partial charge in [0.15, 0.2) is 9.84 Å². The van der Waals surface area contributed by atoms with Gasteiger partial charge in [0.1, 0.15) is 0 Å². The van der Waals surface area contributed by atoms with Gasteiger partial charge >= 0.3 is 0 Å². The van der Waals surface area contributed by atoms with E-state index in [9.17, 15) is 13.2 Å². The molecular formula is C22H30N4O3S. The van der Waals surface area contributed by atoms with Crippen molar-refractivity contribution in [1.82, 2.24) is 14.7 Å². The highest BCUT2D eigenvalue weighted by Crippen LogP contribution is 2.28. The van der Waals surface area contributed by atoms with E-state index in [4.69, 9.17) is 0 Å². The summed E-state index contributed by atoms with van der Waals surface area (Å²) in [7, 11) is -3.01. The molecule has 1 atom stereocenters. The van der Waals surface area contributed by atoms with Crippen LogP contribution >= 0.6 is 0 Å². The lowest BCUT2D eigenvalue weighted by Crippen LogP contribution is -2.49. The third-order valence-electron chi connectivity index (χ3n) is 6.35. The zero-order chi connectivity index (χ0) is 21.6. The zero-order valence-corrected chi connectivity index (χ0v) is 19.0. The first kappa shape index (κ1) is 20.9. The Hall–Kier alpha value is -2.35. The van der Waals surface area contributed by atoms with Crippen molar-refractivity contribution in [2.75, 3.05) is 42.6 Å². The van der Waals surface area contributed by atoms with Crippen LogP contribution in [0.5, 0.6) is 0 Å². The molecule has 0 spiro atoms. The van der Waals surface area contributed by atoms with Crippen LogP contribution in [0.2, 0.25) is 0 Å². The van der Waals surface area contributed by atoms with E-state index in [2.05, 4.69) is 42.0 Å². The minimum Gasteiger partial charge on any atom is -0.368 e. The van der Waals surface area contributed by atoms with E-state index < -0.39 is 9.84 Å². The number of nitrogens with zero attached hydrogens (tertiary/aromatic N) is 4. The summed E-state index contributed by atoms with van der Waals surface area (Å²) >= 11 is 0. The van der Waals surface area contributed by atoms with Gasteiger partial charge in [-0.15, -0.1) is 0 Å². The van der Waals surface area contributed by atoms with E-state index in [0.29, 0.717) is 30.8 Å². The quantitative estimate of drug-likeness (QED) is 0.748. The van der Waals surface area contributed by atoms with Crippen molar-refractivity contribution in [3.05, 3.63) is 46.3 Å². The first-order valence-electron chi connectivity index (χ1n) is 10.5. The molecule has 2 aliphatic rings. The van der Waals surface area contributed by atoms with Gasteiger partial charge in [-0.1, -0.05) is 17.7 Å². The lowest BCUT2D eigenvalue weighted by molar-refractivity contribution is 0.0745. The number of aromatic nitrogens is 2. The number of benzene rings is 1. The van der Waals surface area contributed by atoms with Crippen molar-refractivity contribution in [3.63, 3.8) is 0 Å². The lowest BCUT2D eigenvalue weighted by Gasteiger charge is -2.37. The van der Waals surface area contributed by atoms with Gasteiger partial charge in [-0.05, 0) is 45.7 Å². The summed E-state index contributed by atoms with van der Waals surface area (Å²) in [5, 5.41) is 4.55. The number of carbonyl (C=O) groups excluding carboxylic acids is 1. The first-order chi connectivity index (χ1) is 14.2. The highest BCUT2D eigenvalue weighted by Gasteiger charge is 2.33. The molecule has 2 aliphatic heterocycles. The molecule has 162 valence electrons. The van der Waals surface area contributed by atoms with Crippen molar-refractivity contribution in [3.8, 4) is 0 Å². The zero-order valence-electron chi connectivity index (χ0n) is 18.2. The fourth-order valence-corrected chi connectivity index (χ4v) is 6.46. The van der Waals surface area contributed by atoms with Crippen LogP contribution in [0.3, 0.4) is 0 Å². The third-order valence-corrected chi connectivity index (χ3v) is 8.10. The average Bonchev–Trinajstić information content (AvgIpc) is 3.19. The minimum absolute atomic E-state index is 0.00242. The molecule has 0 N–H and O–H groups in total. The fourth-order valence-electron chi connectivity index (χ4n) is 4.76. The molecule has 0 aliphatic carbocycles. The second-order valence-corrected chi connectivity index (χ2v) is 10.8. The topological polar surface area (TPSA) is 75.5 Å². The van der Waals surface area contributed by atoms with E-state index in [-0.39, 0.29) is 23.5 Å². The Morgan fingerprint density at radius 1 is 1.07 bits per heavy atom. The van der Waals surface area contributed by atoms with E-state index in [1.165, 1.54) is 16.8 Å². The van der Waals surface area contributed by atoms with Crippen LogP contribution in [0.4, 0.5) is 5.69 Å². The van der Waals surface area contributed by atoms with Gasteiger partial charge in [0.25, 0.3) is 5.91 Å². The van der Waals surface area contributed by atoms with Crippen LogP contribution < -0.4 is 4.90 Å². The Morgan fingerprint density at radius 2 is 1.77 bits per heavy atom. The maximum absolute atomic E-state index is 13.3. The lowest BCUT2D eigenvalue weighted by atomic mass is 10.1. The van der Waals surface area contributed by atoms with Gasteiger partial charge in [0.05, 0.1) is 28.8 Å². The van der Waals surface area contributed by atoms with Crippen molar-refractivity contribution < 1.29 is 13.2 Å². The number of hydrogen-bond donors (Lipinski definition) is 0. The van der Waals surface area contributed by atoms with Gasteiger partial charge in [0, 0.05) is 37.6 Å². The van der Waals surface area contributed by atoms with Gasteiger partial charge in [-0.25, -0.2) is 8.42 Å². The van der Waals surface area contributed by atoms with Crippen LogP contribution in [0.1, 0.15) is 45.3 Å². The van der Waals surface area contributed by atoms with E-state index >= 15 is 0 Å². The van der Waals surface area contributed by atoms with Crippen molar-refractivity contribution in [2.45, 2.75) is 40.2 Å². The molecule has 30 heavy (non-hydrogen) atoms. The first-order valence-corrected chi connectivity index (χ1v) is 12.4. The summed E-state index contributed by atoms with van der Waals surface area (Å²) in [5.74, 6) is 0.300. The number of carbonyl (C=O) groups is 1. The Morgan fingerprint density at radius 3 is 2.37 bits per heavy atom. The molecule has 0 radical (unpaired) electrons. The van der Waals surface area contributed by atoms with Gasteiger partial charge in [-0.3, -0.25) is 9.48 Å². The largest absolute Gasteiger partial charge is 0.368 e. The monoisotopic (exact) mass is 430 g/mol. The standard InChI is InChI=1S/C22H30N4O3S/c1-15-5-6-20(16(2)13-15)24-8-10-25(11-9-24)22(27)21-17(3)23-26(18(21)4)19-7-12-30(28,29)14-19/h5-6,13,19H,7-12,14H2,1-4H3/t19-/m1/s1. The third kappa shape index (κ3) is 3.85. The van der Waals surface area contributed by atoms with Gasteiger partial charge in [0.2, 0.25) is 0 Å². The molecule has 1 amide bonds. The second-order valence-electron chi connectivity index (χ2n) is 8.62. The maximum Gasteiger partial charge on any atom is 0.257 e. The molecule has 0 bridgehead atoms. The van der Waals surface area contributed by atoms with Crippen LogP contribution in [-0.2, 0) is 9.84 Å². The molecule has 1 aromatic heterocycles.